The lowest BCUT2D eigenvalue weighted by Gasteiger charge is -2.21. The van der Waals surface area contributed by atoms with E-state index in [-0.39, 0.29) is 11.8 Å². The molecule has 2 rings (SSSR count). The summed E-state index contributed by atoms with van der Waals surface area (Å²) in [4.78, 5) is 27.4. The van der Waals surface area contributed by atoms with Crippen LogP contribution in [0.4, 0.5) is 5.69 Å². The van der Waals surface area contributed by atoms with Crippen molar-refractivity contribution < 1.29 is 9.59 Å². The third-order valence-electron chi connectivity index (χ3n) is 3.82. The summed E-state index contributed by atoms with van der Waals surface area (Å²) < 4.78 is 0. The summed E-state index contributed by atoms with van der Waals surface area (Å²) in [6.45, 7) is 4.42. The maximum Gasteiger partial charge on any atom is 0.253 e. The summed E-state index contributed by atoms with van der Waals surface area (Å²) in [7, 11) is 3.96. The van der Waals surface area contributed by atoms with Crippen LogP contribution in [0.15, 0.2) is 24.3 Å². The lowest BCUT2D eigenvalue weighted by atomic mass is 10.1. The van der Waals surface area contributed by atoms with E-state index in [0.717, 1.165) is 26.1 Å². The van der Waals surface area contributed by atoms with Gasteiger partial charge in [-0.25, -0.2) is 0 Å². The molecule has 1 atom stereocenters. The maximum absolute atomic E-state index is 12.4. The van der Waals surface area contributed by atoms with Crippen molar-refractivity contribution in [3.05, 3.63) is 29.8 Å². The average molecular weight is 289 g/mol. The van der Waals surface area contributed by atoms with Gasteiger partial charge in [-0.15, -0.1) is 0 Å². The first-order valence-corrected chi connectivity index (χ1v) is 7.27. The fraction of sp³-hybridized carbons (Fsp3) is 0.500. The molecule has 1 heterocycles. The van der Waals surface area contributed by atoms with Crippen LogP contribution >= 0.6 is 0 Å². The van der Waals surface area contributed by atoms with Crippen LogP contribution in [0.1, 0.15) is 23.7 Å². The summed E-state index contributed by atoms with van der Waals surface area (Å²) in [6.07, 6.45) is 1.15. The van der Waals surface area contributed by atoms with Crippen molar-refractivity contribution in [2.75, 3.05) is 39.0 Å². The number of nitrogens with zero attached hydrogens (tertiary/aromatic N) is 2. The summed E-state index contributed by atoms with van der Waals surface area (Å²) in [5.74, 6) is 0.470. The molecule has 5 nitrogen and oxygen atoms in total. The van der Waals surface area contributed by atoms with Gasteiger partial charge >= 0.3 is 0 Å². The van der Waals surface area contributed by atoms with Crippen LogP contribution in [0, 0.1) is 5.92 Å². The summed E-state index contributed by atoms with van der Waals surface area (Å²) in [6, 6.07) is 7.02. The molecule has 21 heavy (non-hydrogen) atoms. The topological polar surface area (TPSA) is 52.7 Å². The van der Waals surface area contributed by atoms with Gasteiger partial charge in [-0.1, -0.05) is 0 Å². The van der Waals surface area contributed by atoms with Crippen molar-refractivity contribution >= 4 is 17.5 Å². The van der Waals surface area contributed by atoms with E-state index < -0.39 is 0 Å². The van der Waals surface area contributed by atoms with Gasteiger partial charge in [-0.05, 0) is 50.2 Å². The summed E-state index contributed by atoms with van der Waals surface area (Å²) >= 11 is 0. The van der Waals surface area contributed by atoms with E-state index in [1.54, 1.807) is 29.2 Å². The van der Waals surface area contributed by atoms with Crippen molar-refractivity contribution in [3.8, 4) is 0 Å². The molecular formula is C16H23N3O2. The van der Waals surface area contributed by atoms with Crippen LogP contribution in [-0.4, -0.2) is 55.3 Å². The Hall–Kier alpha value is -1.88. The minimum atomic E-state index is -0.114. The zero-order valence-electron chi connectivity index (χ0n) is 12.9. The van der Waals surface area contributed by atoms with Gasteiger partial charge < -0.3 is 15.1 Å². The van der Waals surface area contributed by atoms with Crippen LogP contribution in [0.5, 0.6) is 0 Å². The molecule has 0 spiro atoms. The highest BCUT2D eigenvalue weighted by Gasteiger charge is 2.23. The number of carbonyl (C=O) groups excluding carboxylic acids is 2. The van der Waals surface area contributed by atoms with Crippen LogP contribution in [0.25, 0.3) is 0 Å². The van der Waals surface area contributed by atoms with Crippen molar-refractivity contribution in [1.29, 1.82) is 0 Å². The lowest BCUT2D eigenvalue weighted by molar-refractivity contribution is -0.114. The van der Waals surface area contributed by atoms with Gasteiger partial charge in [0.1, 0.15) is 0 Å². The number of amides is 2. The molecule has 0 radical (unpaired) electrons. The zero-order chi connectivity index (χ0) is 15.4. The molecule has 1 aromatic rings. The quantitative estimate of drug-likeness (QED) is 0.917. The van der Waals surface area contributed by atoms with Gasteiger partial charge in [0.15, 0.2) is 0 Å². The predicted molar refractivity (Wildman–Crippen MR) is 83.3 cm³/mol. The molecule has 5 heteroatoms. The number of nitrogens with one attached hydrogen (secondary N) is 1. The Bertz CT molecular complexity index is 513. The van der Waals surface area contributed by atoms with Crippen LogP contribution < -0.4 is 5.32 Å². The first kappa shape index (κ1) is 15.5. The molecule has 0 aliphatic carbocycles. The van der Waals surface area contributed by atoms with Gasteiger partial charge in [-0.3, -0.25) is 9.59 Å². The van der Waals surface area contributed by atoms with E-state index >= 15 is 0 Å². The van der Waals surface area contributed by atoms with Gasteiger partial charge in [0.25, 0.3) is 5.91 Å². The van der Waals surface area contributed by atoms with Crippen molar-refractivity contribution in [3.63, 3.8) is 0 Å². The largest absolute Gasteiger partial charge is 0.341 e. The number of hydrogen-bond acceptors (Lipinski definition) is 3. The maximum atomic E-state index is 12.4. The fourth-order valence-corrected chi connectivity index (χ4v) is 2.77. The standard InChI is InChI=1S/C16H23N3O2/c1-12(20)17-15-6-4-14(5-7-15)16(21)19(3)11-13-8-9-18(2)10-13/h4-7,13H,8-11H2,1-3H3,(H,17,20). The smallest absolute Gasteiger partial charge is 0.253 e. The number of benzene rings is 1. The summed E-state index contributed by atoms with van der Waals surface area (Å²) in [5, 5.41) is 2.69. The number of hydrogen-bond donors (Lipinski definition) is 1. The number of carbonyl (C=O) groups is 2. The molecule has 1 aliphatic heterocycles. The van der Waals surface area contributed by atoms with Gasteiger partial charge in [-0.2, -0.15) is 0 Å². The van der Waals surface area contributed by atoms with E-state index in [9.17, 15) is 9.59 Å². The highest BCUT2D eigenvalue weighted by Crippen LogP contribution is 2.17. The molecule has 1 saturated heterocycles. The van der Waals surface area contributed by atoms with Crippen molar-refractivity contribution in [1.82, 2.24) is 9.80 Å². The second-order valence-corrected chi connectivity index (χ2v) is 5.86. The number of anilines is 1. The van der Waals surface area contributed by atoms with Crippen molar-refractivity contribution in [2.24, 2.45) is 5.92 Å². The molecule has 0 saturated carbocycles. The van der Waals surface area contributed by atoms with Crippen LogP contribution in [-0.2, 0) is 4.79 Å². The van der Waals surface area contributed by atoms with Crippen LogP contribution in [0.3, 0.4) is 0 Å². The second-order valence-electron chi connectivity index (χ2n) is 5.86. The molecule has 0 bridgehead atoms. The Morgan fingerprint density at radius 1 is 1.33 bits per heavy atom. The Morgan fingerprint density at radius 2 is 2.00 bits per heavy atom. The number of rotatable bonds is 4. The van der Waals surface area contributed by atoms with Crippen molar-refractivity contribution in [2.45, 2.75) is 13.3 Å². The van der Waals surface area contributed by atoms with E-state index in [4.69, 9.17) is 0 Å². The van der Waals surface area contributed by atoms with Gasteiger partial charge in [0.05, 0.1) is 0 Å². The zero-order valence-corrected chi connectivity index (χ0v) is 12.9. The minimum Gasteiger partial charge on any atom is -0.341 e. The Balaban J connectivity index is 1.93. The molecular weight excluding hydrogens is 266 g/mol. The lowest BCUT2D eigenvalue weighted by Crippen LogP contribution is -2.32. The molecule has 2 amide bonds. The third-order valence-corrected chi connectivity index (χ3v) is 3.82. The normalized spacial score (nSPS) is 18.5. The van der Waals surface area contributed by atoms with E-state index in [1.807, 2.05) is 7.05 Å². The Labute approximate surface area is 125 Å². The predicted octanol–water partition coefficient (Wildman–Crippen LogP) is 1.67. The highest BCUT2D eigenvalue weighted by molar-refractivity contribution is 5.95. The Kier molecular flexibility index (Phi) is 4.96. The average Bonchev–Trinajstić information content (AvgIpc) is 2.83. The highest BCUT2D eigenvalue weighted by atomic mass is 16.2. The summed E-state index contributed by atoms with van der Waals surface area (Å²) in [5.41, 5.74) is 1.36. The first-order chi connectivity index (χ1) is 9.95. The van der Waals surface area contributed by atoms with E-state index in [0.29, 0.717) is 17.2 Å². The molecule has 1 fully saturated rings. The second kappa shape index (κ2) is 6.72. The minimum absolute atomic E-state index is 0.0268. The molecule has 114 valence electrons. The first-order valence-electron chi connectivity index (χ1n) is 7.27. The van der Waals surface area contributed by atoms with E-state index in [1.165, 1.54) is 6.92 Å². The SMILES string of the molecule is CC(=O)Nc1ccc(C(=O)N(C)CC2CCN(C)C2)cc1. The molecule has 1 N–H and O–H groups in total. The van der Waals surface area contributed by atoms with Crippen LogP contribution in [0.2, 0.25) is 0 Å². The molecule has 1 unspecified atom stereocenters. The molecule has 1 aromatic carbocycles. The number of likely N-dealkylation sites (tertiary alicyclic amines) is 1. The fourth-order valence-electron chi connectivity index (χ4n) is 2.77. The van der Waals surface area contributed by atoms with Gasteiger partial charge in [0.2, 0.25) is 5.91 Å². The van der Waals surface area contributed by atoms with Gasteiger partial charge in [0, 0.05) is 38.3 Å². The third kappa shape index (κ3) is 4.29. The monoisotopic (exact) mass is 289 g/mol. The van der Waals surface area contributed by atoms with E-state index in [2.05, 4.69) is 17.3 Å². The molecule has 1 aliphatic rings. The Morgan fingerprint density at radius 3 is 2.52 bits per heavy atom. The molecule has 0 aromatic heterocycles.